The molecule has 0 unspecified atom stereocenters. The summed E-state index contributed by atoms with van der Waals surface area (Å²) < 4.78 is 15.3. The van der Waals surface area contributed by atoms with Crippen LogP contribution in [0.4, 0.5) is 0 Å². The topological polar surface area (TPSA) is 27.7 Å². The minimum atomic E-state index is -2.47. The molecule has 66 valence electrons. The van der Waals surface area contributed by atoms with E-state index in [9.17, 15) is 0 Å². The predicted octanol–water partition coefficient (Wildman–Crippen LogP) is 0.890. The summed E-state index contributed by atoms with van der Waals surface area (Å²) >= 11 is 4.02. The highest BCUT2D eigenvalue weighted by Gasteiger charge is 2.33. The van der Waals surface area contributed by atoms with Gasteiger partial charge in [-0.1, -0.05) is 6.08 Å². The lowest BCUT2D eigenvalue weighted by atomic mass is 10.8. The molecular formula is C6H14O3SSi. The number of hydrogen-bond donors (Lipinski definition) is 1. The zero-order valence-electron chi connectivity index (χ0n) is 7.03. The molecule has 0 aromatic heterocycles. The molecule has 0 N–H and O–H groups in total. The van der Waals surface area contributed by atoms with Gasteiger partial charge in [0.25, 0.3) is 0 Å². The molecule has 0 spiro atoms. The third kappa shape index (κ3) is 3.39. The standard InChI is InChI=1S/C6H14O3SSi/c1-7-11(8-2,9-3)6-4-5-10/h4,6,10H,5H2,1-3H3. The number of rotatable bonds is 5. The van der Waals surface area contributed by atoms with Crippen LogP contribution in [0.5, 0.6) is 0 Å². The third-order valence-corrected chi connectivity index (χ3v) is 3.84. The van der Waals surface area contributed by atoms with Gasteiger partial charge in [0.1, 0.15) is 0 Å². The molecule has 5 heteroatoms. The Morgan fingerprint density at radius 2 is 1.64 bits per heavy atom. The number of thiol groups is 1. The normalized spacial score (nSPS) is 12.7. The quantitative estimate of drug-likeness (QED) is 0.520. The lowest BCUT2D eigenvalue weighted by Crippen LogP contribution is -2.40. The van der Waals surface area contributed by atoms with Crippen LogP contribution in [0.1, 0.15) is 0 Å². The van der Waals surface area contributed by atoms with E-state index >= 15 is 0 Å². The summed E-state index contributed by atoms with van der Waals surface area (Å²) in [6.45, 7) is 0. The van der Waals surface area contributed by atoms with Crippen LogP contribution in [0.25, 0.3) is 0 Å². The van der Waals surface area contributed by atoms with Crippen LogP contribution >= 0.6 is 12.6 Å². The van der Waals surface area contributed by atoms with Crippen molar-refractivity contribution in [3.05, 3.63) is 11.8 Å². The van der Waals surface area contributed by atoms with Crippen LogP contribution in [0.3, 0.4) is 0 Å². The first kappa shape index (κ1) is 11.2. The second kappa shape index (κ2) is 5.79. The van der Waals surface area contributed by atoms with E-state index in [2.05, 4.69) is 12.6 Å². The Bertz CT molecular complexity index is 117. The average molecular weight is 194 g/mol. The van der Waals surface area contributed by atoms with Gasteiger partial charge in [0, 0.05) is 27.1 Å². The molecule has 0 aromatic rings. The van der Waals surface area contributed by atoms with E-state index in [1.54, 1.807) is 27.0 Å². The van der Waals surface area contributed by atoms with Crippen molar-refractivity contribution < 1.29 is 13.3 Å². The van der Waals surface area contributed by atoms with Crippen molar-refractivity contribution in [3.63, 3.8) is 0 Å². The highest BCUT2D eigenvalue weighted by atomic mass is 32.1. The molecule has 0 saturated heterocycles. The van der Waals surface area contributed by atoms with Crippen molar-refractivity contribution in [2.75, 3.05) is 27.1 Å². The van der Waals surface area contributed by atoms with E-state index in [0.29, 0.717) is 5.75 Å². The van der Waals surface area contributed by atoms with Crippen molar-refractivity contribution in [2.24, 2.45) is 0 Å². The zero-order valence-corrected chi connectivity index (χ0v) is 8.93. The molecule has 0 bridgehead atoms. The van der Waals surface area contributed by atoms with E-state index in [4.69, 9.17) is 13.3 Å². The molecule has 0 heterocycles. The molecule has 0 fully saturated rings. The lowest BCUT2D eigenvalue weighted by Gasteiger charge is -2.20. The molecule has 0 saturated carbocycles. The van der Waals surface area contributed by atoms with Gasteiger partial charge in [0.2, 0.25) is 0 Å². The maximum Gasteiger partial charge on any atom is 0.528 e. The van der Waals surface area contributed by atoms with Crippen molar-refractivity contribution >= 4 is 21.4 Å². The van der Waals surface area contributed by atoms with Crippen LogP contribution in [-0.2, 0) is 13.3 Å². The molecule has 0 aliphatic heterocycles. The van der Waals surface area contributed by atoms with E-state index in [1.165, 1.54) is 0 Å². The lowest BCUT2D eigenvalue weighted by molar-refractivity contribution is 0.138. The van der Waals surface area contributed by atoms with Crippen LogP contribution in [0, 0.1) is 0 Å². The molecule has 0 aromatic carbocycles. The summed E-state index contributed by atoms with van der Waals surface area (Å²) in [7, 11) is 2.25. The summed E-state index contributed by atoms with van der Waals surface area (Å²) in [6, 6.07) is 0. The second-order valence-electron chi connectivity index (χ2n) is 1.80. The predicted molar refractivity (Wildman–Crippen MR) is 49.8 cm³/mol. The fourth-order valence-electron chi connectivity index (χ4n) is 0.651. The van der Waals surface area contributed by atoms with Crippen LogP contribution in [-0.4, -0.2) is 35.9 Å². The van der Waals surface area contributed by atoms with Gasteiger partial charge < -0.3 is 13.3 Å². The SMILES string of the molecule is CO[Si](C=CCS)(OC)OC. The summed E-state index contributed by atoms with van der Waals surface area (Å²) in [5.41, 5.74) is 1.81. The van der Waals surface area contributed by atoms with Gasteiger partial charge in [0.05, 0.1) is 0 Å². The Labute approximate surface area is 74.1 Å². The fourth-order valence-corrected chi connectivity index (χ4v) is 2.27. The highest BCUT2D eigenvalue weighted by Crippen LogP contribution is 2.07. The summed E-state index contributed by atoms with van der Waals surface area (Å²) in [5.74, 6) is 0.658. The van der Waals surface area contributed by atoms with E-state index in [-0.39, 0.29) is 0 Å². The first-order valence-corrected chi connectivity index (χ1v) is 5.62. The smallest absolute Gasteiger partial charge is 0.374 e. The Kier molecular flexibility index (Phi) is 5.89. The van der Waals surface area contributed by atoms with Gasteiger partial charge in [0.15, 0.2) is 0 Å². The minimum absolute atomic E-state index is 0.658. The van der Waals surface area contributed by atoms with Crippen molar-refractivity contribution in [3.8, 4) is 0 Å². The van der Waals surface area contributed by atoms with E-state index < -0.39 is 8.80 Å². The van der Waals surface area contributed by atoms with E-state index in [1.807, 2.05) is 6.08 Å². The van der Waals surface area contributed by atoms with Crippen molar-refractivity contribution in [1.82, 2.24) is 0 Å². The fraction of sp³-hybridized carbons (Fsp3) is 0.667. The van der Waals surface area contributed by atoms with Gasteiger partial charge in [-0.15, -0.1) is 0 Å². The van der Waals surface area contributed by atoms with Crippen molar-refractivity contribution in [1.29, 1.82) is 0 Å². The zero-order chi connectivity index (χ0) is 8.74. The Morgan fingerprint density at radius 3 is 1.91 bits per heavy atom. The van der Waals surface area contributed by atoms with E-state index in [0.717, 1.165) is 0 Å². The Hall–Kier alpha value is 0.187. The minimum Gasteiger partial charge on any atom is -0.374 e. The third-order valence-electron chi connectivity index (χ3n) is 1.28. The first-order chi connectivity index (χ1) is 5.24. The maximum atomic E-state index is 5.11. The summed E-state index contributed by atoms with van der Waals surface area (Å²) in [5, 5.41) is 0. The summed E-state index contributed by atoms with van der Waals surface area (Å²) in [6.07, 6.45) is 1.85. The molecule has 0 aliphatic rings. The van der Waals surface area contributed by atoms with Gasteiger partial charge in [-0.25, -0.2) is 0 Å². The van der Waals surface area contributed by atoms with Gasteiger partial charge in [-0.05, 0) is 5.70 Å². The maximum absolute atomic E-state index is 5.11. The first-order valence-electron chi connectivity index (χ1n) is 3.18. The van der Waals surface area contributed by atoms with Gasteiger partial charge in [-0.3, -0.25) is 0 Å². The highest BCUT2D eigenvalue weighted by molar-refractivity contribution is 7.80. The molecular weight excluding hydrogens is 180 g/mol. The second-order valence-corrected chi connectivity index (χ2v) is 4.93. The molecule has 0 amide bonds. The Morgan fingerprint density at radius 1 is 1.18 bits per heavy atom. The van der Waals surface area contributed by atoms with Gasteiger partial charge >= 0.3 is 8.80 Å². The molecule has 0 radical (unpaired) electrons. The largest absolute Gasteiger partial charge is 0.528 e. The van der Waals surface area contributed by atoms with Crippen molar-refractivity contribution in [2.45, 2.75) is 0 Å². The molecule has 0 aliphatic carbocycles. The monoisotopic (exact) mass is 194 g/mol. The summed E-state index contributed by atoms with van der Waals surface area (Å²) in [4.78, 5) is 0. The molecule has 3 nitrogen and oxygen atoms in total. The van der Waals surface area contributed by atoms with Gasteiger partial charge in [-0.2, -0.15) is 12.6 Å². The molecule has 0 atom stereocenters. The number of hydrogen-bond acceptors (Lipinski definition) is 4. The Balaban J connectivity index is 4.16. The molecule has 0 rings (SSSR count). The van der Waals surface area contributed by atoms with Crippen LogP contribution < -0.4 is 0 Å². The van der Waals surface area contributed by atoms with Crippen LogP contribution in [0.15, 0.2) is 11.8 Å². The molecule has 11 heavy (non-hydrogen) atoms. The van der Waals surface area contributed by atoms with Crippen LogP contribution in [0.2, 0.25) is 0 Å². The average Bonchev–Trinajstić information content (AvgIpc) is 2.08.